The van der Waals surface area contributed by atoms with Gasteiger partial charge in [0.05, 0.1) is 13.2 Å². The molecule has 5 heteroatoms. The minimum absolute atomic E-state index is 0.0896. The van der Waals surface area contributed by atoms with Gasteiger partial charge in [0.1, 0.15) is 0 Å². The van der Waals surface area contributed by atoms with E-state index in [2.05, 4.69) is 21.2 Å². The molecule has 4 saturated carbocycles. The molecule has 4 fully saturated rings. The van der Waals surface area contributed by atoms with Crippen LogP contribution in [-0.2, 0) is 4.79 Å². The first-order valence-electron chi connectivity index (χ1n) is 9.62. The number of ether oxygens (including phenoxy) is 1. The molecule has 0 aromatic heterocycles. The summed E-state index contributed by atoms with van der Waals surface area (Å²) in [4.78, 5) is 12.8. The van der Waals surface area contributed by atoms with Crippen LogP contribution in [0.1, 0.15) is 63.5 Å². The Morgan fingerprint density at radius 2 is 2.04 bits per heavy atom. The van der Waals surface area contributed by atoms with Gasteiger partial charge >= 0.3 is 0 Å². The summed E-state index contributed by atoms with van der Waals surface area (Å²) in [6.45, 7) is 1.91. The van der Waals surface area contributed by atoms with Crippen molar-refractivity contribution >= 4 is 21.8 Å². The summed E-state index contributed by atoms with van der Waals surface area (Å²) in [5, 5.41) is 3.09. The zero-order valence-electron chi connectivity index (χ0n) is 15.5. The number of carbonyl (C=O) groups is 1. The Bertz CT molecular complexity index is 708. The van der Waals surface area contributed by atoms with Gasteiger partial charge in [-0.15, -0.1) is 0 Å². The maximum Gasteiger partial charge on any atom is 0.221 e. The normalized spacial score (nSPS) is 36.0. The number of nitrogens with one attached hydrogen (secondary N) is 1. The van der Waals surface area contributed by atoms with Crippen LogP contribution in [0.4, 0.5) is 4.39 Å². The number of methoxy groups -OCH3 is 1. The number of alkyl halides is 1. The van der Waals surface area contributed by atoms with Crippen molar-refractivity contribution < 1.29 is 13.9 Å². The molecule has 0 heterocycles. The van der Waals surface area contributed by atoms with E-state index in [9.17, 15) is 9.18 Å². The van der Waals surface area contributed by atoms with Gasteiger partial charge in [-0.3, -0.25) is 4.79 Å². The molecular weight excluding hydrogens is 397 g/mol. The van der Waals surface area contributed by atoms with E-state index in [1.807, 2.05) is 13.0 Å². The minimum Gasteiger partial charge on any atom is -0.494 e. The molecule has 4 aliphatic rings. The van der Waals surface area contributed by atoms with Crippen molar-refractivity contribution in [1.29, 1.82) is 0 Å². The molecule has 0 spiro atoms. The highest BCUT2D eigenvalue weighted by Crippen LogP contribution is 2.65. The highest BCUT2D eigenvalue weighted by molar-refractivity contribution is 9.10. The number of amides is 1. The van der Waals surface area contributed by atoms with Crippen molar-refractivity contribution in [2.45, 2.75) is 62.2 Å². The van der Waals surface area contributed by atoms with Gasteiger partial charge in [0.2, 0.25) is 5.91 Å². The quantitative estimate of drug-likeness (QED) is 0.666. The van der Waals surface area contributed by atoms with Crippen molar-refractivity contribution in [3.05, 3.63) is 29.6 Å². The second-order valence-corrected chi connectivity index (χ2v) is 10.7. The lowest BCUT2D eigenvalue weighted by Gasteiger charge is -2.60. The van der Waals surface area contributed by atoms with Crippen LogP contribution >= 0.6 is 15.9 Å². The molecule has 3 unspecified atom stereocenters. The fourth-order valence-corrected chi connectivity index (χ4v) is 7.72. The minimum atomic E-state index is -0.395. The van der Waals surface area contributed by atoms with Crippen LogP contribution in [0.5, 0.6) is 5.75 Å². The Hall–Kier alpha value is -1.10. The number of hydrogen-bond acceptors (Lipinski definition) is 2. The second kappa shape index (κ2) is 6.50. The average molecular weight is 424 g/mol. The predicted octanol–water partition coefficient (Wildman–Crippen LogP) is 5.14. The van der Waals surface area contributed by atoms with E-state index in [4.69, 9.17) is 4.74 Å². The SMILES string of the molecule is COc1ccc(C(C)NC(=O)CC23CC4CC(CC(Br)(C4)C2)C3)cc1F. The van der Waals surface area contributed by atoms with Gasteiger partial charge in [0, 0.05) is 10.7 Å². The van der Waals surface area contributed by atoms with Crippen molar-refractivity contribution in [3.63, 3.8) is 0 Å². The molecule has 0 radical (unpaired) electrons. The van der Waals surface area contributed by atoms with E-state index < -0.39 is 5.82 Å². The van der Waals surface area contributed by atoms with Crippen LogP contribution in [0.15, 0.2) is 18.2 Å². The first-order valence-corrected chi connectivity index (χ1v) is 10.4. The van der Waals surface area contributed by atoms with E-state index in [0.29, 0.717) is 6.42 Å². The fraction of sp³-hybridized carbons (Fsp3) is 0.667. The zero-order valence-corrected chi connectivity index (χ0v) is 17.1. The molecule has 142 valence electrons. The van der Waals surface area contributed by atoms with Crippen LogP contribution in [0.25, 0.3) is 0 Å². The summed E-state index contributed by atoms with van der Waals surface area (Å²) < 4.78 is 19.2. The topological polar surface area (TPSA) is 38.3 Å². The average Bonchev–Trinajstić information content (AvgIpc) is 2.51. The molecule has 0 saturated heterocycles. The van der Waals surface area contributed by atoms with Gasteiger partial charge in [0.25, 0.3) is 0 Å². The van der Waals surface area contributed by atoms with E-state index in [-0.39, 0.29) is 27.4 Å². The van der Waals surface area contributed by atoms with Gasteiger partial charge in [0.15, 0.2) is 11.6 Å². The molecule has 1 aromatic rings. The molecule has 0 aliphatic heterocycles. The molecule has 4 aliphatic carbocycles. The number of hydrogen-bond donors (Lipinski definition) is 1. The van der Waals surface area contributed by atoms with Crippen LogP contribution in [0.3, 0.4) is 0 Å². The Morgan fingerprint density at radius 1 is 1.35 bits per heavy atom. The van der Waals surface area contributed by atoms with Crippen molar-refractivity contribution in [2.24, 2.45) is 17.3 Å². The lowest BCUT2D eigenvalue weighted by atomic mass is 9.48. The molecule has 3 nitrogen and oxygen atoms in total. The smallest absolute Gasteiger partial charge is 0.221 e. The third-order valence-electron chi connectivity index (χ3n) is 6.70. The van der Waals surface area contributed by atoms with Crippen LogP contribution in [-0.4, -0.2) is 17.3 Å². The zero-order chi connectivity index (χ0) is 18.5. The summed E-state index contributed by atoms with van der Waals surface area (Å²) in [5.41, 5.74) is 0.918. The third kappa shape index (κ3) is 3.39. The van der Waals surface area contributed by atoms with Crippen LogP contribution < -0.4 is 10.1 Å². The monoisotopic (exact) mass is 423 g/mol. The van der Waals surface area contributed by atoms with Gasteiger partial charge in [-0.2, -0.15) is 0 Å². The summed E-state index contributed by atoms with van der Waals surface area (Å²) in [7, 11) is 1.45. The lowest BCUT2D eigenvalue weighted by Crippen LogP contribution is -2.54. The molecule has 26 heavy (non-hydrogen) atoms. The van der Waals surface area contributed by atoms with Crippen molar-refractivity contribution in [2.75, 3.05) is 7.11 Å². The third-order valence-corrected chi connectivity index (χ3v) is 7.63. The van der Waals surface area contributed by atoms with Crippen LogP contribution in [0.2, 0.25) is 0 Å². The largest absolute Gasteiger partial charge is 0.494 e. The van der Waals surface area contributed by atoms with E-state index >= 15 is 0 Å². The Morgan fingerprint density at radius 3 is 2.62 bits per heavy atom. The highest BCUT2D eigenvalue weighted by Gasteiger charge is 2.57. The Kier molecular flexibility index (Phi) is 4.57. The maximum absolute atomic E-state index is 13.9. The van der Waals surface area contributed by atoms with Gasteiger partial charge in [-0.1, -0.05) is 22.0 Å². The van der Waals surface area contributed by atoms with Crippen molar-refractivity contribution in [3.8, 4) is 5.75 Å². The summed E-state index contributed by atoms with van der Waals surface area (Å²) >= 11 is 4.01. The fourth-order valence-electron chi connectivity index (χ4n) is 6.21. The summed E-state index contributed by atoms with van der Waals surface area (Å²) in [6, 6.07) is 4.66. The Balaban J connectivity index is 1.42. The van der Waals surface area contributed by atoms with Crippen LogP contribution in [0, 0.1) is 23.1 Å². The molecule has 1 aromatic carbocycles. The molecule has 1 N–H and O–H groups in total. The first-order chi connectivity index (χ1) is 12.3. The molecule has 1 amide bonds. The Labute approximate surface area is 163 Å². The predicted molar refractivity (Wildman–Crippen MR) is 103 cm³/mol. The van der Waals surface area contributed by atoms with Gasteiger partial charge in [-0.25, -0.2) is 4.39 Å². The van der Waals surface area contributed by atoms with E-state index in [0.717, 1.165) is 23.8 Å². The number of halogens is 2. The van der Waals surface area contributed by atoms with E-state index in [1.165, 1.54) is 45.3 Å². The maximum atomic E-state index is 13.9. The van der Waals surface area contributed by atoms with Gasteiger partial charge < -0.3 is 10.1 Å². The second-order valence-electron chi connectivity index (χ2n) is 8.97. The number of carbonyl (C=O) groups excluding carboxylic acids is 1. The number of benzene rings is 1. The molecule has 5 rings (SSSR count). The summed E-state index contributed by atoms with van der Waals surface area (Å²) in [6.07, 6.45) is 7.98. The van der Waals surface area contributed by atoms with E-state index in [1.54, 1.807) is 6.07 Å². The van der Waals surface area contributed by atoms with Gasteiger partial charge in [-0.05, 0) is 80.4 Å². The lowest BCUT2D eigenvalue weighted by molar-refractivity contribution is -0.128. The molecule has 3 atom stereocenters. The summed E-state index contributed by atoms with van der Waals surface area (Å²) in [5.74, 6) is 1.47. The first kappa shape index (κ1) is 18.3. The molecular formula is C21H27BrFNO2. The van der Waals surface area contributed by atoms with Crippen molar-refractivity contribution in [1.82, 2.24) is 5.32 Å². The molecule has 4 bridgehead atoms. The highest BCUT2D eigenvalue weighted by atomic mass is 79.9. The standard InChI is InChI=1S/C21H27BrFNO2/c1-13(16-3-4-18(26-2)17(23)6-16)24-19(25)11-20-7-14-5-15(8-20)10-21(22,9-14)12-20/h3-4,6,13-15H,5,7-12H2,1-2H3,(H,24,25). The number of rotatable bonds is 5.